The fourth-order valence-corrected chi connectivity index (χ4v) is 11.2. The van der Waals surface area contributed by atoms with Gasteiger partial charge in [-0.05, 0) is 104 Å². The van der Waals surface area contributed by atoms with Crippen molar-refractivity contribution >= 4 is 23.3 Å². The quantitative estimate of drug-likeness (QED) is 0.163. The van der Waals surface area contributed by atoms with Gasteiger partial charge < -0.3 is 5.32 Å². The summed E-state index contributed by atoms with van der Waals surface area (Å²) in [5.41, 5.74) is 18.6. The third-order valence-electron chi connectivity index (χ3n) is 14.2. The molecule has 3 heteroatoms. The van der Waals surface area contributed by atoms with Crippen molar-refractivity contribution in [2.45, 2.75) is 49.1 Å². The Hall–Kier alpha value is -7.62. The van der Waals surface area contributed by atoms with E-state index in [1.807, 2.05) is 0 Å². The molecule has 3 unspecified atom stereocenters. The number of fused-ring (bicyclic) bond motifs is 4. The second-order valence-corrected chi connectivity index (χ2v) is 17.8. The van der Waals surface area contributed by atoms with Gasteiger partial charge in [0.05, 0.1) is 5.41 Å². The molecule has 0 bridgehead atoms. The molecule has 3 atom stereocenters. The molecule has 5 aliphatic rings. The highest BCUT2D eigenvalue weighted by Gasteiger charge is 2.54. The van der Waals surface area contributed by atoms with Gasteiger partial charge in [-0.3, -0.25) is 0 Å². The summed E-state index contributed by atoms with van der Waals surface area (Å²) >= 11 is 0. The molecule has 1 aliphatic heterocycles. The molecule has 0 spiro atoms. The van der Waals surface area contributed by atoms with E-state index >= 15 is 0 Å². The zero-order valence-electron chi connectivity index (χ0n) is 36.3. The Kier molecular flexibility index (Phi) is 9.90. The first kappa shape index (κ1) is 39.0. The summed E-state index contributed by atoms with van der Waals surface area (Å²) in [5, 5.41) is 3.58. The van der Waals surface area contributed by atoms with E-state index in [-0.39, 0.29) is 18.0 Å². The normalized spacial score (nSPS) is 20.3. The molecular weight excluding hydrogens is 787 g/mol. The van der Waals surface area contributed by atoms with Crippen LogP contribution in [-0.2, 0) is 5.41 Å². The van der Waals surface area contributed by atoms with Gasteiger partial charge in [0.15, 0.2) is 6.17 Å². The topological polar surface area (TPSA) is 36.8 Å². The molecule has 7 aromatic rings. The molecule has 0 amide bonds. The molecule has 12 rings (SSSR count). The van der Waals surface area contributed by atoms with Crippen molar-refractivity contribution in [1.29, 1.82) is 0 Å². The minimum Gasteiger partial charge on any atom is -0.324 e. The van der Waals surface area contributed by atoms with Gasteiger partial charge in [-0.2, -0.15) is 0 Å². The van der Waals surface area contributed by atoms with Gasteiger partial charge in [-0.25, -0.2) is 9.98 Å². The summed E-state index contributed by atoms with van der Waals surface area (Å²) in [6, 6.07) is 69.7. The smallest absolute Gasteiger partial charge is 0.166 e. The summed E-state index contributed by atoms with van der Waals surface area (Å²) < 4.78 is 0. The monoisotopic (exact) mass is 835 g/mol. The predicted molar refractivity (Wildman–Crippen MR) is 269 cm³/mol. The molecule has 4 aliphatic carbocycles. The van der Waals surface area contributed by atoms with Crippen LogP contribution in [0.25, 0.3) is 22.8 Å². The molecular formula is C62H49N3. The summed E-state index contributed by atoms with van der Waals surface area (Å²) in [6.07, 6.45) is 17.6. The van der Waals surface area contributed by atoms with E-state index in [9.17, 15) is 0 Å². The highest BCUT2D eigenvalue weighted by Crippen LogP contribution is 2.64. The molecule has 7 aromatic carbocycles. The first-order chi connectivity index (χ1) is 32.2. The van der Waals surface area contributed by atoms with Crippen molar-refractivity contribution in [3.63, 3.8) is 0 Å². The van der Waals surface area contributed by atoms with Crippen LogP contribution in [0, 0.1) is 0 Å². The van der Waals surface area contributed by atoms with Crippen LogP contribution in [0.2, 0.25) is 0 Å². The molecule has 0 saturated heterocycles. The molecule has 0 aromatic heterocycles. The van der Waals surface area contributed by atoms with E-state index in [2.05, 4.69) is 230 Å². The number of allylic oxidation sites excluding steroid dienone is 6. The summed E-state index contributed by atoms with van der Waals surface area (Å²) in [7, 11) is 0. The predicted octanol–water partition coefficient (Wildman–Crippen LogP) is 14.2. The fourth-order valence-electron chi connectivity index (χ4n) is 11.2. The van der Waals surface area contributed by atoms with E-state index in [1.54, 1.807) is 0 Å². The van der Waals surface area contributed by atoms with E-state index < -0.39 is 5.41 Å². The molecule has 65 heavy (non-hydrogen) atoms. The average Bonchev–Trinajstić information content (AvgIpc) is 3.68. The molecule has 1 N–H and O–H groups in total. The fraction of sp³-hybridized carbons (Fsp3) is 0.129. The van der Waals surface area contributed by atoms with Crippen LogP contribution in [0.4, 0.5) is 0 Å². The summed E-state index contributed by atoms with van der Waals surface area (Å²) in [6.45, 7) is 0. The largest absolute Gasteiger partial charge is 0.324 e. The van der Waals surface area contributed by atoms with Gasteiger partial charge in [-0.15, -0.1) is 0 Å². The number of hydrogen-bond acceptors (Lipinski definition) is 3. The van der Waals surface area contributed by atoms with Crippen LogP contribution in [0.3, 0.4) is 0 Å². The van der Waals surface area contributed by atoms with Crippen LogP contribution in [0.15, 0.2) is 245 Å². The zero-order chi connectivity index (χ0) is 43.2. The van der Waals surface area contributed by atoms with E-state index in [0.717, 1.165) is 48.5 Å². The second-order valence-electron chi connectivity index (χ2n) is 17.8. The Balaban J connectivity index is 0.946. The van der Waals surface area contributed by atoms with Crippen LogP contribution in [-0.4, -0.2) is 17.8 Å². The Morgan fingerprint density at radius 3 is 1.83 bits per heavy atom. The SMILES string of the molecule is C1=CC(C2=NC(C3=CC(c4ccc(-c5ccc6c(c5)C(c5ccccc5)(c5ccccc5)C5=Cc7ccccc7C(c7ccccc7)C56)cc4)=CCC3)N=C(c3ccccc3)N2)=CCC1. The van der Waals surface area contributed by atoms with Gasteiger partial charge in [-0.1, -0.05) is 218 Å². The highest BCUT2D eigenvalue weighted by atomic mass is 15.2. The summed E-state index contributed by atoms with van der Waals surface area (Å²) in [4.78, 5) is 10.4. The minimum atomic E-state index is -0.489. The van der Waals surface area contributed by atoms with Crippen LogP contribution in [0.5, 0.6) is 0 Å². The lowest BCUT2D eigenvalue weighted by atomic mass is 9.62. The first-order valence-electron chi connectivity index (χ1n) is 23.2. The lowest BCUT2D eigenvalue weighted by Gasteiger charge is -2.39. The molecule has 0 fully saturated rings. The number of nitrogens with zero attached hydrogens (tertiary/aromatic N) is 2. The van der Waals surface area contributed by atoms with Gasteiger partial charge >= 0.3 is 0 Å². The Bertz CT molecular complexity index is 3110. The average molecular weight is 836 g/mol. The third kappa shape index (κ3) is 6.82. The first-order valence-corrected chi connectivity index (χ1v) is 23.2. The standard InChI is InChI=1S/C62H49N3/c1-6-19-44(20-7-1)57-53-32-17-16-25-49(53)41-56-58(57)54-38-37-48(40-55(54)62(56,51-28-12-4-13-29-51)52-30-14-5-15-31-52)43-35-33-42(34-36-43)47-26-18-27-50(39-47)61-64-59(45-21-8-2-9-22-45)63-60(65-61)46-23-10-3-11-24-46/h1-2,4-10,12-17,19-26,28-41,57-58,61H,3,11,18,27H2,(H,63,64,65). The number of aliphatic imine (C=N–C) groups is 2. The minimum absolute atomic E-state index is 0.155. The molecule has 312 valence electrons. The maximum absolute atomic E-state index is 5.23. The van der Waals surface area contributed by atoms with Crippen molar-refractivity contribution in [3.05, 3.63) is 285 Å². The Morgan fingerprint density at radius 2 is 1.11 bits per heavy atom. The van der Waals surface area contributed by atoms with Crippen molar-refractivity contribution in [2.24, 2.45) is 9.98 Å². The Labute approximate surface area is 382 Å². The number of hydrogen-bond donors (Lipinski definition) is 1. The zero-order valence-corrected chi connectivity index (χ0v) is 36.3. The number of benzene rings is 7. The molecule has 1 heterocycles. The number of amidine groups is 2. The number of nitrogens with one attached hydrogen (secondary N) is 1. The lowest BCUT2D eigenvalue weighted by Crippen LogP contribution is -2.38. The van der Waals surface area contributed by atoms with Crippen molar-refractivity contribution in [1.82, 2.24) is 5.32 Å². The maximum Gasteiger partial charge on any atom is 0.166 e. The van der Waals surface area contributed by atoms with Gasteiger partial charge in [0.25, 0.3) is 0 Å². The van der Waals surface area contributed by atoms with Crippen molar-refractivity contribution in [2.75, 3.05) is 0 Å². The molecule has 0 radical (unpaired) electrons. The Morgan fingerprint density at radius 1 is 0.477 bits per heavy atom. The van der Waals surface area contributed by atoms with Gasteiger partial charge in [0.2, 0.25) is 0 Å². The molecule has 0 saturated carbocycles. The molecule has 3 nitrogen and oxygen atoms in total. The van der Waals surface area contributed by atoms with Gasteiger partial charge in [0, 0.05) is 23.0 Å². The summed E-state index contributed by atoms with van der Waals surface area (Å²) in [5.74, 6) is 2.10. The van der Waals surface area contributed by atoms with E-state index in [4.69, 9.17) is 9.98 Å². The van der Waals surface area contributed by atoms with E-state index in [0.29, 0.717) is 0 Å². The second kappa shape index (κ2) is 16.5. The number of rotatable bonds is 8. The van der Waals surface area contributed by atoms with Crippen LogP contribution >= 0.6 is 0 Å². The van der Waals surface area contributed by atoms with E-state index in [1.165, 1.54) is 72.4 Å². The van der Waals surface area contributed by atoms with Crippen molar-refractivity contribution < 1.29 is 0 Å². The van der Waals surface area contributed by atoms with Crippen molar-refractivity contribution in [3.8, 4) is 11.1 Å². The highest BCUT2D eigenvalue weighted by molar-refractivity contribution is 6.16. The third-order valence-corrected chi connectivity index (χ3v) is 14.2. The maximum atomic E-state index is 5.23. The van der Waals surface area contributed by atoms with Gasteiger partial charge in [0.1, 0.15) is 11.7 Å². The van der Waals surface area contributed by atoms with Crippen LogP contribution in [0.1, 0.15) is 87.6 Å². The lowest BCUT2D eigenvalue weighted by molar-refractivity contribution is 0.637. The van der Waals surface area contributed by atoms with Crippen LogP contribution < -0.4 is 5.32 Å².